The number of hydrogen-bond donors (Lipinski definition) is 2. The lowest BCUT2D eigenvalue weighted by Crippen LogP contribution is -2.31. The van der Waals surface area contributed by atoms with Gasteiger partial charge in [0.1, 0.15) is 0 Å². The van der Waals surface area contributed by atoms with E-state index in [0.29, 0.717) is 38.9 Å². The van der Waals surface area contributed by atoms with Crippen molar-refractivity contribution in [2.45, 2.75) is 25.7 Å². The number of fused-ring (bicyclic) bond motifs is 5. The maximum Gasteiger partial charge on any atom is 0.259 e. The zero-order valence-electron chi connectivity index (χ0n) is 16.0. The molecule has 0 amide bonds. The van der Waals surface area contributed by atoms with E-state index < -0.39 is 6.10 Å². The van der Waals surface area contributed by atoms with Crippen molar-refractivity contribution in [1.82, 2.24) is 19.6 Å². The molecule has 8 nitrogen and oxygen atoms in total. The average molecular weight is 401 g/mol. The molecular formula is C22H19N5O3. The SMILES string of the molecule is NCc1cn(CC(O)Cn2c3c(c4ccccc4c2=O)C(=O)c2ccccc2-3)nn1. The molecule has 0 saturated heterocycles. The summed E-state index contributed by atoms with van der Waals surface area (Å²) in [4.78, 5) is 26.5. The normalized spacial score (nSPS) is 13.5. The van der Waals surface area contributed by atoms with E-state index in [1.807, 2.05) is 24.3 Å². The van der Waals surface area contributed by atoms with Gasteiger partial charge in [-0.2, -0.15) is 0 Å². The molecule has 1 unspecified atom stereocenters. The van der Waals surface area contributed by atoms with Gasteiger partial charge in [-0.15, -0.1) is 5.10 Å². The van der Waals surface area contributed by atoms with E-state index in [9.17, 15) is 14.7 Å². The number of carbonyl (C=O) groups is 1. The third-order valence-electron chi connectivity index (χ3n) is 5.42. The Morgan fingerprint density at radius 3 is 2.40 bits per heavy atom. The van der Waals surface area contributed by atoms with E-state index in [1.54, 1.807) is 30.5 Å². The first-order valence-corrected chi connectivity index (χ1v) is 9.65. The van der Waals surface area contributed by atoms with Gasteiger partial charge in [0.25, 0.3) is 5.56 Å². The molecule has 1 aliphatic carbocycles. The highest BCUT2D eigenvalue weighted by atomic mass is 16.3. The smallest absolute Gasteiger partial charge is 0.259 e. The number of aliphatic hydroxyl groups is 1. The van der Waals surface area contributed by atoms with Crippen molar-refractivity contribution in [3.05, 3.63) is 81.9 Å². The molecule has 30 heavy (non-hydrogen) atoms. The predicted molar refractivity (Wildman–Crippen MR) is 111 cm³/mol. The first-order chi connectivity index (χ1) is 14.6. The van der Waals surface area contributed by atoms with Crippen LogP contribution in [-0.4, -0.2) is 36.6 Å². The predicted octanol–water partition coefficient (Wildman–Crippen LogP) is 1.32. The van der Waals surface area contributed by atoms with Crippen molar-refractivity contribution in [2.24, 2.45) is 5.73 Å². The Bertz CT molecular complexity index is 1350. The van der Waals surface area contributed by atoms with E-state index >= 15 is 0 Å². The third-order valence-corrected chi connectivity index (χ3v) is 5.42. The molecule has 2 aromatic heterocycles. The Hall–Kier alpha value is -3.62. The minimum Gasteiger partial charge on any atom is -0.389 e. The topological polar surface area (TPSA) is 116 Å². The monoisotopic (exact) mass is 401 g/mol. The van der Waals surface area contributed by atoms with Crippen molar-refractivity contribution in [3.8, 4) is 11.3 Å². The molecule has 0 spiro atoms. The summed E-state index contributed by atoms with van der Waals surface area (Å²) < 4.78 is 3.01. The molecule has 1 atom stereocenters. The highest BCUT2D eigenvalue weighted by Crippen LogP contribution is 2.39. The lowest BCUT2D eigenvalue weighted by Gasteiger charge is -2.18. The highest BCUT2D eigenvalue weighted by molar-refractivity contribution is 6.26. The van der Waals surface area contributed by atoms with Gasteiger partial charge in [0.15, 0.2) is 5.78 Å². The molecule has 0 fully saturated rings. The third kappa shape index (κ3) is 2.77. The number of aromatic nitrogens is 4. The molecule has 0 bridgehead atoms. The van der Waals surface area contributed by atoms with Crippen molar-refractivity contribution in [2.75, 3.05) is 0 Å². The van der Waals surface area contributed by atoms with Gasteiger partial charge in [0, 0.05) is 34.6 Å². The molecule has 5 rings (SSSR count). The molecule has 150 valence electrons. The van der Waals surface area contributed by atoms with E-state index in [1.165, 1.54) is 9.25 Å². The Morgan fingerprint density at radius 1 is 0.967 bits per heavy atom. The molecule has 0 aliphatic heterocycles. The van der Waals surface area contributed by atoms with Crippen LogP contribution in [0.15, 0.2) is 59.5 Å². The van der Waals surface area contributed by atoms with Crippen LogP contribution in [0.3, 0.4) is 0 Å². The van der Waals surface area contributed by atoms with Crippen LogP contribution < -0.4 is 11.3 Å². The summed E-state index contributed by atoms with van der Waals surface area (Å²) in [6.45, 7) is 0.425. The minimum absolute atomic E-state index is 0.0193. The van der Waals surface area contributed by atoms with Crippen molar-refractivity contribution in [1.29, 1.82) is 0 Å². The summed E-state index contributed by atoms with van der Waals surface area (Å²) in [7, 11) is 0. The zero-order chi connectivity index (χ0) is 20.8. The van der Waals surface area contributed by atoms with E-state index in [-0.39, 0.29) is 31.0 Å². The summed E-state index contributed by atoms with van der Waals surface area (Å²) in [6, 6.07) is 14.3. The second-order valence-electron chi connectivity index (χ2n) is 7.35. The van der Waals surface area contributed by atoms with E-state index in [0.717, 1.165) is 0 Å². The number of ketones is 1. The van der Waals surface area contributed by atoms with Crippen LogP contribution in [0.2, 0.25) is 0 Å². The highest BCUT2D eigenvalue weighted by Gasteiger charge is 2.32. The lowest BCUT2D eigenvalue weighted by molar-refractivity contribution is 0.104. The van der Waals surface area contributed by atoms with Crippen LogP contribution in [0.25, 0.3) is 22.0 Å². The second-order valence-corrected chi connectivity index (χ2v) is 7.35. The molecule has 1 aliphatic rings. The lowest BCUT2D eigenvalue weighted by atomic mass is 10.0. The summed E-state index contributed by atoms with van der Waals surface area (Å²) in [5, 5.41) is 19.7. The van der Waals surface area contributed by atoms with Crippen LogP contribution in [-0.2, 0) is 19.6 Å². The molecule has 8 heteroatoms. The van der Waals surface area contributed by atoms with Gasteiger partial charge in [-0.05, 0) is 6.07 Å². The number of aliphatic hydroxyl groups excluding tert-OH is 1. The largest absolute Gasteiger partial charge is 0.389 e. The van der Waals surface area contributed by atoms with Gasteiger partial charge in [0.2, 0.25) is 0 Å². The molecule has 2 aromatic carbocycles. The van der Waals surface area contributed by atoms with Crippen LogP contribution >= 0.6 is 0 Å². The first-order valence-electron chi connectivity index (χ1n) is 9.65. The summed E-state index contributed by atoms with van der Waals surface area (Å²) in [6.07, 6.45) is 0.749. The van der Waals surface area contributed by atoms with Gasteiger partial charge < -0.3 is 15.4 Å². The zero-order valence-corrected chi connectivity index (χ0v) is 16.0. The van der Waals surface area contributed by atoms with Gasteiger partial charge >= 0.3 is 0 Å². The molecule has 4 aromatic rings. The minimum atomic E-state index is -0.914. The van der Waals surface area contributed by atoms with Gasteiger partial charge in [-0.1, -0.05) is 47.7 Å². The maximum absolute atomic E-state index is 13.3. The maximum atomic E-state index is 13.3. The van der Waals surface area contributed by atoms with E-state index in [4.69, 9.17) is 5.73 Å². The number of nitrogens with zero attached hydrogens (tertiary/aromatic N) is 4. The number of carbonyl (C=O) groups excluding carboxylic acids is 1. The summed E-state index contributed by atoms with van der Waals surface area (Å²) in [5.74, 6) is -0.107. The Kier molecular flexibility index (Phi) is 4.30. The number of rotatable bonds is 5. The Balaban J connectivity index is 1.65. The number of pyridine rings is 1. The quantitative estimate of drug-likeness (QED) is 0.459. The van der Waals surface area contributed by atoms with Crippen LogP contribution in [0.4, 0.5) is 0 Å². The molecule has 3 N–H and O–H groups in total. The summed E-state index contributed by atoms with van der Waals surface area (Å²) >= 11 is 0. The van der Waals surface area contributed by atoms with Gasteiger partial charge in [0.05, 0.1) is 36.1 Å². The van der Waals surface area contributed by atoms with Gasteiger partial charge in [-0.3, -0.25) is 9.59 Å². The standard InChI is InChI=1S/C22H19N5O3/c23-9-13-10-26(25-24-13)11-14(28)12-27-20-16-6-2-3-7-17(16)21(29)19(20)15-5-1-4-8-18(15)22(27)30/h1-8,10,14,28H,9,11-12,23H2. The average Bonchev–Trinajstić information content (AvgIpc) is 3.34. The van der Waals surface area contributed by atoms with Crippen molar-refractivity contribution < 1.29 is 9.90 Å². The van der Waals surface area contributed by atoms with Crippen molar-refractivity contribution >= 4 is 16.6 Å². The number of nitrogens with two attached hydrogens (primary N) is 1. The molecular weight excluding hydrogens is 382 g/mol. The molecule has 0 radical (unpaired) electrons. The number of benzene rings is 2. The van der Waals surface area contributed by atoms with Gasteiger partial charge in [-0.25, -0.2) is 4.68 Å². The molecule has 2 heterocycles. The fourth-order valence-electron chi connectivity index (χ4n) is 4.11. The first kappa shape index (κ1) is 18.4. The Morgan fingerprint density at radius 2 is 1.67 bits per heavy atom. The van der Waals surface area contributed by atoms with Crippen molar-refractivity contribution in [3.63, 3.8) is 0 Å². The fraction of sp³-hybridized carbons (Fsp3) is 0.182. The van der Waals surface area contributed by atoms with E-state index in [2.05, 4.69) is 10.3 Å². The number of hydrogen-bond acceptors (Lipinski definition) is 6. The second kappa shape index (κ2) is 7.01. The molecule has 0 saturated carbocycles. The van der Waals surface area contributed by atoms with Crippen LogP contribution in [0, 0.1) is 0 Å². The summed E-state index contributed by atoms with van der Waals surface area (Å²) in [5.41, 5.74) is 8.26. The fourth-order valence-corrected chi connectivity index (χ4v) is 4.11. The Labute approximate surface area is 171 Å². The van der Waals surface area contributed by atoms with Crippen LogP contribution in [0.1, 0.15) is 21.6 Å². The van der Waals surface area contributed by atoms with Crippen LogP contribution in [0.5, 0.6) is 0 Å².